The van der Waals surface area contributed by atoms with Gasteiger partial charge in [-0.05, 0) is 38.3 Å². The lowest BCUT2D eigenvalue weighted by atomic mass is 9.74. The van der Waals surface area contributed by atoms with Crippen LogP contribution in [0.1, 0.15) is 39.5 Å². The summed E-state index contributed by atoms with van der Waals surface area (Å²) in [6.45, 7) is 7.06. The third kappa shape index (κ3) is 2.82. The van der Waals surface area contributed by atoms with Gasteiger partial charge in [-0.3, -0.25) is 9.59 Å². The molecule has 0 bridgehead atoms. The Balaban J connectivity index is 1.92. The fraction of sp³-hybridized carbons (Fsp3) is 0.867. The molecular weight excluding hydrogens is 256 g/mol. The molecule has 2 heterocycles. The predicted molar refractivity (Wildman–Crippen MR) is 76.3 cm³/mol. The standard InChI is InChI=1S/C15H26N2O3/c1-3-4-15(14(19)20)5-7-17(8-6-15)13(18)11(2)12-9-16-10-12/h11-12,16H,3-10H2,1-2H3,(H,19,20). The van der Waals surface area contributed by atoms with Crippen molar-refractivity contribution in [3.8, 4) is 0 Å². The highest BCUT2D eigenvalue weighted by molar-refractivity contribution is 5.80. The number of hydrogen-bond acceptors (Lipinski definition) is 3. The zero-order chi connectivity index (χ0) is 14.8. The van der Waals surface area contributed by atoms with Crippen LogP contribution in [0.5, 0.6) is 0 Å². The van der Waals surface area contributed by atoms with Gasteiger partial charge in [0.05, 0.1) is 5.41 Å². The molecule has 5 heteroatoms. The fourth-order valence-corrected chi connectivity index (χ4v) is 3.36. The van der Waals surface area contributed by atoms with E-state index in [1.54, 1.807) is 0 Å². The molecule has 2 saturated heterocycles. The van der Waals surface area contributed by atoms with E-state index in [-0.39, 0.29) is 11.8 Å². The summed E-state index contributed by atoms with van der Waals surface area (Å²) in [5, 5.41) is 12.7. The Morgan fingerprint density at radius 3 is 2.35 bits per heavy atom. The number of likely N-dealkylation sites (tertiary alicyclic amines) is 1. The van der Waals surface area contributed by atoms with E-state index in [0.717, 1.165) is 19.5 Å². The first-order chi connectivity index (χ1) is 9.50. The largest absolute Gasteiger partial charge is 0.481 e. The quantitative estimate of drug-likeness (QED) is 0.798. The van der Waals surface area contributed by atoms with Crippen LogP contribution in [-0.2, 0) is 9.59 Å². The molecule has 1 amide bonds. The topological polar surface area (TPSA) is 69.6 Å². The van der Waals surface area contributed by atoms with Crippen LogP contribution < -0.4 is 5.32 Å². The Bertz CT molecular complexity index is 371. The maximum atomic E-state index is 12.4. The molecule has 20 heavy (non-hydrogen) atoms. The smallest absolute Gasteiger partial charge is 0.309 e. The third-order valence-corrected chi connectivity index (χ3v) is 5.12. The second-order valence-corrected chi connectivity index (χ2v) is 6.37. The van der Waals surface area contributed by atoms with Gasteiger partial charge in [0.1, 0.15) is 0 Å². The first-order valence-electron chi connectivity index (χ1n) is 7.73. The van der Waals surface area contributed by atoms with Crippen LogP contribution in [0.4, 0.5) is 0 Å². The van der Waals surface area contributed by atoms with Crippen molar-refractivity contribution >= 4 is 11.9 Å². The number of amides is 1. The van der Waals surface area contributed by atoms with Crippen LogP contribution in [0.15, 0.2) is 0 Å². The molecule has 1 unspecified atom stereocenters. The Hall–Kier alpha value is -1.10. The van der Waals surface area contributed by atoms with E-state index in [2.05, 4.69) is 5.32 Å². The molecule has 0 saturated carbocycles. The summed E-state index contributed by atoms with van der Waals surface area (Å²) in [7, 11) is 0. The van der Waals surface area contributed by atoms with E-state index in [1.165, 1.54) is 0 Å². The van der Waals surface area contributed by atoms with Crippen LogP contribution in [0.25, 0.3) is 0 Å². The Kier molecular flexibility index (Phi) is 4.68. The van der Waals surface area contributed by atoms with Gasteiger partial charge in [0, 0.05) is 19.0 Å². The SMILES string of the molecule is CCCC1(C(=O)O)CCN(C(=O)C(C)C2CNC2)CC1. The van der Waals surface area contributed by atoms with Crippen LogP contribution >= 0.6 is 0 Å². The minimum atomic E-state index is -0.692. The average molecular weight is 282 g/mol. The summed E-state index contributed by atoms with van der Waals surface area (Å²) in [6, 6.07) is 0. The van der Waals surface area contributed by atoms with Crippen LogP contribution in [0.2, 0.25) is 0 Å². The number of carbonyl (C=O) groups excluding carboxylic acids is 1. The van der Waals surface area contributed by atoms with E-state index in [0.29, 0.717) is 38.3 Å². The second kappa shape index (κ2) is 6.12. The number of rotatable bonds is 5. The predicted octanol–water partition coefficient (Wildman–Crippen LogP) is 1.34. The zero-order valence-electron chi connectivity index (χ0n) is 12.5. The van der Waals surface area contributed by atoms with Gasteiger partial charge in [0.15, 0.2) is 0 Å². The average Bonchev–Trinajstić information content (AvgIpc) is 2.36. The number of carbonyl (C=O) groups is 2. The highest BCUT2D eigenvalue weighted by Gasteiger charge is 2.42. The summed E-state index contributed by atoms with van der Waals surface area (Å²) >= 11 is 0. The van der Waals surface area contributed by atoms with Gasteiger partial charge < -0.3 is 15.3 Å². The summed E-state index contributed by atoms with van der Waals surface area (Å²) in [5.41, 5.74) is -0.604. The molecule has 2 aliphatic rings. The number of carboxylic acids is 1. The van der Waals surface area contributed by atoms with Gasteiger partial charge >= 0.3 is 5.97 Å². The van der Waals surface area contributed by atoms with Gasteiger partial charge in [0.2, 0.25) is 5.91 Å². The highest BCUT2D eigenvalue weighted by atomic mass is 16.4. The van der Waals surface area contributed by atoms with E-state index >= 15 is 0 Å². The second-order valence-electron chi connectivity index (χ2n) is 6.37. The van der Waals surface area contributed by atoms with Crippen molar-refractivity contribution in [3.05, 3.63) is 0 Å². The van der Waals surface area contributed by atoms with Gasteiger partial charge in [-0.1, -0.05) is 20.3 Å². The maximum absolute atomic E-state index is 12.4. The molecule has 0 radical (unpaired) electrons. The molecule has 0 aromatic heterocycles. The maximum Gasteiger partial charge on any atom is 0.309 e. The van der Waals surface area contributed by atoms with E-state index in [1.807, 2.05) is 18.7 Å². The van der Waals surface area contributed by atoms with Gasteiger partial charge in [-0.15, -0.1) is 0 Å². The van der Waals surface area contributed by atoms with Crippen molar-refractivity contribution in [2.75, 3.05) is 26.2 Å². The first-order valence-corrected chi connectivity index (χ1v) is 7.73. The zero-order valence-corrected chi connectivity index (χ0v) is 12.5. The molecule has 5 nitrogen and oxygen atoms in total. The Morgan fingerprint density at radius 1 is 1.35 bits per heavy atom. The molecule has 1 atom stereocenters. The van der Waals surface area contributed by atoms with Crippen LogP contribution in [0, 0.1) is 17.3 Å². The summed E-state index contributed by atoms with van der Waals surface area (Å²) in [4.78, 5) is 25.8. The van der Waals surface area contributed by atoms with Crippen LogP contribution in [0.3, 0.4) is 0 Å². The lowest BCUT2D eigenvalue weighted by molar-refractivity contribution is -0.156. The summed E-state index contributed by atoms with van der Waals surface area (Å²) < 4.78 is 0. The van der Waals surface area contributed by atoms with Crippen molar-refractivity contribution in [1.29, 1.82) is 0 Å². The lowest BCUT2D eigenvalue weighted by Gasteiger charge is -2.41. The fourth-order valence-electron chi connectivity index (χ4n) is 3.36. The molecule has 0 aliphatic carbocycles. The number of nitrogens with one attached hydrogen (secondary N) is 1. The minimum Gasteiger partial charge on any atom is -0.481 e. The monoisotopic (exact) mass is 282 g/mol. The molecule has 0 aromatic carbocycles. The summed E-state index contributed by atoms with van der Waals surface area (Å²) in [5.74, 6) is 0.0127. The number of hydrogen-bond donors (Lipinski definition) is 2. The van der Waals surface area contributed by atoms with Crippen molar-refractivity contribution in [1.82, 2.24) is 10.2 Å². The minimum absolute atomic E-state index is 0.0553. The van der Waals surface area contributed by atoms with E-state index in [9.17, 15) is 14.7 Å². The van der Waals surface area contributed by atoms with E-state index in [4.69, 9.17) is 0 Å². The molecule has 0 aromatic rings. The lowest BCUT2D eigenvalue weighted by Crippen LogP contribution is -2.53. The van der Waals surface area contributed by atoms with Gasteiger partial charge in [0.25, 0.3) is 0 Å². The molecule has 2 rings (SSSR count). The Morgan fingerprint density at radius 2 is 1.95 bits per heavy atom. The number of piperidine rings is 1. The molecular formula is C15H26N2O3. The number of carboxylic acid groups (broad SMARTS) is 1. The third-order valence-electron chi connectivity index (χ3n) is 5.12. The normalized spacial score (nSPS) is 24.0. The number of aliphatic carboxylic acids is 1. The highest BCUT2D eigenvalue weighted by Crippen LogP contribution is 2.37. The van der Waals surface area contributed by atoms with Gasteiger partial charge in [-0.2, -0.15) is 0 Å². The summed E-state index contributed by atoms with van der Waals surface area (Å²) in [6.07, 6.45) is 2.78. The Labute approximate surface area is 120 Å². The van der Waals surface area contributed by atoms with Gasteiger partial charge in [-0.25, -0.2) is 0 Å². The molecule has 0 spiro atoms. The van der Waals surface area contributed by atoms with Crippen molar-refractivity contribution in [3.63, 3.8) is 0 Å². The van der Waals surface area contributed by atoms with Crippen molar-refractivity contribution in [2.24, 2.45) is 17.3 Å². The molecule has 114 valence electrons. The van der Waals surface area contributed by atoms with E-state index < -0.39 is 11.4 Å². The molecule has 2 fully saturated rings. The number of nitrogens with zero attached hydrogens (tertiary/aromatic N) is 1. The molecule has 2 N–H and O–H groups in total. The van der Waals surface area contributed by atoms with Crippen molar-refractivity contribution in [2.45, 2.75) is 39.5 Å². The van der Waals surface area contributed by atoms with Crippen molar-refractivity contribution < 1.29 is 14.7 Å². The molecule has 2 aliphatic heterocycles. The first kappa shape index (κ1) is 15.3. The van der Waals surface area contributed by atoms with Crippen LogP contribution in [-0.4, -0.2) is 48.1 Å².